The summed E-state index contributed by atoms with van der Waals surface area (Å²) in [5.41, 5.74) is 14.9. The van der Waals surface area contributed by atoms with Gasteiger partial charge in [0.25, 0.3) is 0 Å². The van der Waals surface area contributed by atoms with Gasteiger partial charge < -0.3 is 21.3 Å². The van der Waals surface area contributed by atoms with Crippen LogP contribution in [-0.2, 0) is 17.6 Å². The first-order valence-corrected chi connectivity index (χ1v) is 10.8. The van der Waals surface area contributed by atoms with Crippen molar-refractivity contribution in [1.29, 1.82) is 0 Å². The van der Waals surface area contributed by atoms with Gasteiger partial charge in [0.05, 0.1) is 16.8 Å². The van der Waals surface area contributed by atoms with Crippen LogP contribution < -0.4 is 11.5 Å². The first kappa shape index (κ1) is 21.4. The van der Waals surface area contributed by atoms with Crippen LogP contribution in [0, 0.1) is 0 Å². The number of nitrogens with zero attached hydrogens (tertiary/aromatic N) is 3. The molecule has 156 valence electrons. The lowest BCUT2D eigenvalue weighted by Crippen LogP contribution is -2.54. The molecule has 1 amide bonds. The second-order valence-electron chi connectivity index (χ2n) is 8.21. The van der Waals surface area contributed by atoms with Crippen LogP contribution in [-0.4, -0.2) is 79.0 Å². The first-order chi connectivity index (χ1) is 13.4. The van der Waals surface area contributed by atoms with Crippen molar-refractivity contribution in [3.8, 4) is 0 Å². The van der Waals surface area contributed by atoms with Crippen molar-refractivity contribution < 1.29 is 4.79 Å². The van der Waals surface area contributed by atoms with Gasteiger partial charge in [0, 0.05) is 45.3 Å². The predicted molar refractivity (Wildman–Crippen MR) is 116 cm³/mol. The van der Waals surface area contributed by atoms with E-state index in [-0.39, 0.29) is 5.91 Å². The number of piperazine rings is 1. The van der Waals surface area contributed by atoms with Gasteiger partial charge in [0.1, 0.15) is 0 Å². The fraction of sp³-hybridized carbons (Fsp3) is 0.667. The van der Waals surface area contributed by atoms with Crippen LogP contribution in [0.15, 0.2) is 12.1 Å². The Hall–Kier alpha value is -1.34. The number of hydrogen-bond donors (Lipinski definition) is 2. The van der Waals surface area contributed by atoms with E-state index in [0.717, 1.165) is 69.7 Å². The highest BCUT2D eigenvalue weighted by molar-refractivity contribution is 6.33. The highest BCUT2D eigenvalue weighted by atomic mass is 35.5. The van der Waals surface area contributed by atoms with Gasteiger partial charge in [-0.1, -0.05) is 24.6 Å². The number of benzene rings is 1. The normalized spacial score (nSPS) is 21.1. The Balaban J connectivity index is 1.53. The Bertz CT molecular complexity index is 682. The Morgan fingerprint density at radius 1 is 1.18 bits per heavy atom. The third kappa shape index (κ3) is 4.98. The molecule has 0 radical (unpaired) electrons. The standard InChI is InChI=1S/C21H34ClN5O/c1-3-16-12-15(13-18(22)20(16)24)14-19(23)21(28)27-6-4-17(5-7-27)26-10-8-25(2)9-11-26/h12-13,17,19H,3-11,14,23-24H2,1-2H3/t19-/m1/s1. The summed E-state index contributed by atoms with van der Waals surface area (Å²) in [4.78, 5) is 19.8. The highest BCUT2D eigenvalue weighted by Gasteiger charge is 2.30. The molecule has 3 rings (SSSR count). The lowest BCUT2D eigenvalue weighted by Gasteiger charge is -2.42. The van der Waals surface area contributed by atoms with Gasteiger partial charge in [-0.3, -0.25) is 9.69 Å². The van der Waals surface area contributed by atoms with Crippen molar-refractivity contribution >= 4 is 23.2 Å². The second kappa shape index (κ2) is 9.44. The Morgan fingerprint density at radius 3 is 2.43 bits per heavy atom. The largest absolute Gasteiger partial charge is 0.397 e. The molecule has 1 aromatic rings. The summed E-state index contributed by atoms with van der Waals surface area (Å²) in [6, 6.07) is 3.91. The molecule has 2 aliphatic heterocycles. The molecule has 0 spiro atoms. The van der Waals surface area contributed by atoms with Crippen molar-refractivity contribution in [2.24, 2.45) is 5.73 Å². The maximum Gasteiger partial charge on any atom is 0.239 e. The number of anilines is 1. The topological polar surface area (TPSA) is 78.8 Å². The second-order valence-corrected chi connectivity index (χ2v) is 8.62. The minimum absolute atomic E-state index is 0.0443. The summed E-state index contributed by atoms with van der Waals surface area (Å²) in [5, 5.41) is 0.544. The third-order valence-corrected chi connectivity index (χ3v) is 6.57. The molecule has 6 nitrogen and oxygen atoms in total. The van der Waals surface area contributed by atoms with Gasteiger partial charge in [-0.2, -0.15) is 0 Å². The van der Waals surface area contributed by atoms with Gasteiger partial charge in [-0.25, -0.2) is 0 Å². The van der Waals surface area contributed by atoms with Crippen molar-refractivity contribution in [1.82, 2.24) is 14.7 Å². The molecule has 2 saturated heterocycles. The number of nitrogens with two attached hydrogens (primary N) is 2. The van der Waals surface area contributed by atoms with Crippen LogP contribution in [0.4, 0.5) is 5.69 Å². The van der Waals surface area contributed by atoms with E-state index >= 15 is 0 Å². The van der Waals surface area contributed by atoms with Crippen molar-refractivity contribution in [2.45, 2.75) is 44.7 Å². The maximum atomic E-state index is 12.9. The molecule has 2 heterocycles. The molecule has 0 aromatic heterocycles. The zero-order valence-electron chi connectivity index (χ0n) is 17.2. The monoisotopic (exact) mass is 407 g/mol. The van der Waals surface area contributed by atoms with E-state index in [1.54, 1.807) is 0 Å². The number of nitrogen functional groups attached to an aromatic ring is 1. The molecule has 7 heteroatoms. The fourth-order valence-corrected chi connectivity index (χ4v) is 4.62. The summed E-state index contributed by atoms with van der Waals surface area (Å²) in [7, 11) is 2.18. The van der Waals surface area contributed by atoms with Crippen LogP contribution >= 0.6 is 11.6 Å². The van der Waals surface area contributed by atoms with E-state index in [4.69, 9.17) is 23.1 Å². The van der Waals surface area contributed by atoms with Gasteiger partial charge in [-0.15, -0.1) is 0 Å². The number of carbonyl (C=O) groups excluding carboxylic acids is 1. The van der Waals surface area contributed by atoms with E-state index in [1.807, 2.05) is 24.0 Å². The molecule has 4 N–H and O–H groups in total. The first-order valence-electron chi connectivity index (χ1n) is 10.4. The number of piperidine rings is 1. The number of likely N-dealkylation sites (N-methyl/N-ethyl adjacent to an activating group) is 1. The number of aryl methyl sites for hydroxylation is 1. The van der Waals surface area contributed by atoms with Crippen molar-refractivity contribution in [2.75, 3.05) is 52.0 Å². The summed E-state index contributed by atoms with van der Waals surface area (Å²) in [6.45, 7) is 8.17. The summed E-state index contributed by atoms with van der Waals surface area (Å²) in [5.74, 6) is 0.0443. The van der Waals surface area contributed by atoms with E-state index in [1.165, 1.54) is 0 Å². The summed E-state index contributed by atoms with van der Waals surface area (Å²) in [6.07, 6.45) is 3.37. The zero-order valence-corrected chi connectivity index (χ0v) is 17.9. The maximum absolute atomic E-state index is 12.9. The molecule has 0 unspecified atom stereocenters. The number of carbonyl (C=O) groups is 1. The number of rotatable bonds is 5. The van der Waals surface area contributed by atoms with Crippen molar-refractivity contribution in [3.05, 3.63) is 28.3 Å². The number of halogens is 1. The molecule has 2 fully saturated rings. The van der Waals surface area contributed by atoms with Crippen molar-refractivity contribution in [3.63, 3.8) is 0 Å². The quantitative estimate of drug-likeness (QED) is 0.724. The third-order valence-electron chi connectivity index (χ3n) is 6.26. The Morgan fingerprint density at radius 2 is 1.82 bits per heavy atom. The molecule has 2 aliphatic rings. The number of amides is 1. The average molecular weight is 408 g/mol. The van der Waals surface area contributed by atoms with Crippen LogP contribution in [0.5, 0.6) is 0 Å². The SMILES string of the molecule is CCc1cc(C[C@@H](N)C(=O)N2CCC(N3CCN(C)CC3)CC2)cc(Cl)c1N. The van der Waals surface area contributed by atoms with Crippen LogP contribution in [0.2, 0.25) is 5.02 Å². The number of hydrogen-bond acceptors (Lipinski definition) is 5. The van der Waals surface area contributed by atoms with E-state index in [9.17, 15) is 4.79 Å². The lowest BCUT2D eigenvalue weighted by molar-refractivity contribution is -0.134. The Kier molecular flexibility index (Phi) is 7.20. The van der Waals surface area contributed by atoms with Gasteiger partial charge >= 0.3 is 0 Å². The molecular formula is C21H34ClN5O. The van der Waals surface area contributed by atoms with E-state index in [0.29, 0.717) is 23.2 Å². The van der Waals surface area contributed by atoms with Gasteiger partial charge in [0.15, 0.2) is 0 Å². The average Bonchev–Trinajstić information content (AvgIpc) is 2.70. The molecular weight excluding hydrogens is 374 g/mol. The smallest absolute Gasteiger partial charge is 0.239 e. The molecule has 1 atom stereocenters. The van der Waals surface area contributed by atoms with Gasteiger partial charge in [0.2, 0.25) is 5.91 Å². The minimum atomic E-state index is -0.537. The minimum Gasteiger partial charge on any atom is -0.397 e. The summed E-state index contributed by atoms with van der Waals surface area (Å²) >= 11 is 6.24. The van der Waals surface area contributed by atoms with Crippen LogP contribution in [0.3, 0.4) is 0 Å². The molecule has 0 bridgehead atoms. The zero-order chi connectivity index (χ0) is 20.3. The molecule has 28 heavy (non-hydrogen) atoms. The molecule has 0 aliphatic carbocycles. The van der Waals surface area contributed by atoms with E-state index < -0.39 is 6.04 Å². The highest BCUT2D eigenvalue weighted by Crippen LogP contribution is 2.26. The fourth-order valence-electron chi connectivity index (χ4n) is 4.36. The van der Waals surface area contributed by atoms with Gasteiger partial charge in [-0.05, 0) is 49.9 Å². The molecule has 1 aromatic carbocycles. The molecule has 0 saturated carbocycles. The predicted octanol–water partition coefficient (Wildman–Crippen LogP) is 1.59. The number of likely N-dealkylation sites (tertiary alicyclic amines) is 1. The lowest BCUT2D eigenvalue weighted by atomic mass is 9.98. The Labute approximate surface area is 173 Å². The van der Waals surface area contributed by atoms with Crippen LogP contribution in [0.1, 0.15) is 30.9 Å². The van der Waals surface area contributed by atoms with Crippen LogP contribution in [0.25, 0.3) is 0 Å². The van der Waals surface area contributed by atoms with E-state index in [2.05, 4.69) is 16.8 Å². The summed E-state index contributed by atoms with van der Waals surface area (Å²) < 4.78 is 0.